The van der Waals surface area contributed by atoms with Gasteiger partial charge in [-0.2, -0.15) is 4.31 Å². The Morgan fingerprint density at radius 3 is 2.22 bits per heavy atom. The Balaban J connectivity index is 1.66. The third-order valence-electron chi connectivity index (χ3n) is 4.18. The maximum absolute atomic E-state index is 13.8. The standard InChI is InChI=1S/C17H19FN2O2S/c18-16-8-4-5-9-17(16)23(21,22)20-12-10-19(11-13-20)14-15-6-2-1-3-7-15/h1-9H,10-14H2/p+1. The van der Waals surface area contributed by atoms with E-state index in [2.05, 4.69) is 12.1 Å². The summed E-state index contributed by atoms with van der Waals surface area (Å²) >= 11 is 0. The number of sulfonamides is 1. The number of hydrogen-bond donors (Lipinski definition) is 1. The van der Waals surface area contributed by atoms with Crippen molar-refractivity contribution in [2.45, 2.75) is 11.4 Å². The number of quaternary nitrogens is 1. The minimum Gasteiger partial charge on any atom is -0.329 e. The molecule has 4 nitrogen and oxygen atoms in total. The molecule has 1 saturated heterocycles. The van der Waals surface area contributed by atoms with Gasteiger partial charge in [0.2, 0.25) is 10.0 Å². The molecule has 1 aliphatic heterocycles. The Bertz CT molecular complexity index is 757. The van der Waals surface area contributed by atoms with Gasteiger partial charge >= 0.3 is 0 Å². The normalized spacial score (nSPS) is 17.3. The van der Waals surface area contributed by atoms with Gasteiger partial charge in [-0.15, -0.1) is 0 Å². The first-order chi connectivity index (χ1) is 11.1. The molecule has 2 aromatic carbocycles. The van der Waals surface area contributed by atoms with Crippen LogP contribution in [0, 0.1) is 5.82 Å². The summed E-state index contributed by atoms with van der Waals surface area (Å²) in [6.07, 6.45) is 0. The molecule has 0 unspecified atom stereocenters. The van der Waals surface area contributed by atoms with Crippen LogP contribution in [0.1, 0.15) is 5.56 Å². The summed E-state index contributed by atoms with van der Waals surface area (Å²) in [5.74, 6) is -0.688. The van der Waals surface area contributed by atoms with Gasteiger partial charge in [-0.05, 0) is 12.1 Å². The maximum atomic E-state index is 13.8. The van der Waals surface area contributed by atoms with E-state index in [9.17, 15) is 12.8 Å². The minimum atomic E-state index is -3.74. The van der Waals surface area contributed by atoms with Gasteiger partial charge in [0.15, 0.2) is 0 Å². The number of nitrogens with one attached hydrogen (secondary N) is 1. The summed E-state index contributed by atoms with van der Waals surface area (Å²) in [6, 6.07) is 15.7. The predicted octanol–water partition coefficient (Wildman–Crippen LogP) is 0.915. The van der Waals surface area contributed by atoms with Gasteiger partial charge in [0, 0.05) is 5.56 Å². The highest BCUT2D eigenvalue weighted by molar-refractivity contribution is 7.89. The Morgan fingerprint density at radius 1 is 0.957 bits per heavy atom. The molecule has 3 rings (SSSR count). The number of hydrogen-bond acceptors (Lipinski definition) is 2. The second kappa shape index (κ2) is 6.78. The van der Waals surface area contributed by atoms with Crippen LogP contribution in [0.4, 0.5) is 4.39 Å². The molecule has 1 N–H and O–H groups in total. The van der Waals surface area contributed by atoms with Crippen molar-refractivity contribution in [1.82, 2.24) is 4.31 Å². The zero-order chi connectivity index (χ0) is 16.3. The smallest absolute Gasteiger partial charge is 0.246 e. The number of halogens is 1. The van der Waals surface area contributed by atoms with Crippen LogP contribution in [0.5, 0.6) is 0 Å². The highest BCUT2D eigenvalue weighted by Gasteiger charge is 2.31. The maximum Gasteiger partial charge on any atom is 0.246 e. The van der Waals surface area contributed by atoms with Crippen LogP contribution >= 0.6 is 0 Å². The van der Waals surface area contributed by atoms with Crippen LogP contribution in [0.15, 0.2) is 59.5 Å². The summed E-state index contributed by atoms with van der Waals surface area (Å²) < 4.78 is 40.3. The zero-order valence-electron chi connectivity index (χ0n) is 12.8. The second-order valence-corrected chi connectivity index (χ2v) is 7.65. The Hall–Kier alpha value is -1.76. The fraction of sp³-hybridized carbons (Fsp3) is 0.294. The molecular weight excluding hydrogens is 315 g/mol. The molecule has 122 valence electrons. The number of benzene rings is 2. The van der Waals surface area contributed by atoms with Crippen LogP contribution in [-0.4, -0.2) is 38.9 Å². The van der Waals surface area contributed by atoms with E-state index < -0.39 is 15.8 Å². The van der Waals surface area contributed by atoms with Crippen LogP contribution in [0.2, 0.25) is 0 Å². The van der Waals surface area contributed by atoms with Gasteiger partial charge in [-0.25, -0.2) is 12.8 Å². The fourth-order valence-electron chi connectivity index (χ4n) is 2.90. The van der Waals surface area contributed by atoms with Crippen molar-refractivity contribution in [3.05, 3.63) is 66.0 Å². The monoisotopic (exact) mass is 335 g/mol. The lowest BCUT2D eigenvalue weighted by atomic mass is 10.2. The van der Waals surface area contributed by atoms with E-state index in [0.717, 1.165) is 19.6 Å². The van der Waals surface area contributed by atoms with Crippen LogP contribution in [0.25, 0.3) is 0 Å². The highest BCUT2D eigenvalue weighted by Crippen LogP contribution is 2.18. The molecule has 1 fully saturated rings. The summed E-state index contributed by atoms with van der Waals surface area (Å²) in [6.45, 7) is 3.16. The molecule has 23 heavy (non-hydrogen) atoms. The quantitative estimate of drug-likeness (QED) is 0.903. The molecule has 1 heterocycles. The number of nitrogens with zero attached hydrogens (tertiary/aromatic N) is 1. The van der Waals surface area contributed by atoms with E-state index in [4.69, 9.17) is 0 Å². The summed E-state index contributed by atoms with van der Waals surface area (Å²) in [4.78, 5) is 1.11. The first-order valence-corrected chi connectivity index (χ1v) is 9.13. The molecule has 2 aromatic rings. The molecule has 0 saturated carbocycles. The topological polar surface area (TPSA) is 41.8 Å². The fourth-order valence-corrected chi connectivity index (χ4v) is 4.40. The Labute approximate surface area is 136 Å². The zero-order valence-corrected chi connectivity index (χ0v) is 13.6. The van der Waals surface area contributed by atoms with Gasteiger partial charge in [0.25, 0.3) is 0 Å². The Kier molecular flexibility index (Phi) is 4.75. The van der Waals surface area contributed by atoms with E-state index >= 15 is 0 Å². The number of rotatable bonds is 4. The lowest BCUT2D eigenvalue weighted by molar-refractivity contribution is -0.917. The third kappa shape index (κ3) is 3.60. The van der Waals surface area contributed by atoms with Gasteiger partial charge in [0.05, 0.1) is 26.2 Å². The summed E-state index contributed by atoms with van der Waals surface area (Å²) in [7, 11) is -3.74. The van der Waals surface area contributed by atoms with Gasteiger partial charge in [-0.1, -0.05) is 42.5 Å². The largest absolute Gasteiger partial charge is 0.329 e. The van der Waals surface area contributed by atoms with Crippen LogP contribution in [0.3, 0.4) is 0 Å². The van der Waals surface area contributed by atoms with Gasteiger partial charge in [0.1, 0.15) is 17.3 Å². The molecule has 0 bridgehead atoms. The highest BCUT2D eigenvalue weighted by atomic mass is 32.2. The van der Waals surface area contributed by atoms with E-state index in [1.807, 2.05) is 18.2 Å². The minimum absolute atomic E-state index is 0.230. The van der Waals surface area contributed by atoms with Gasteiger partial charge < -0.3 is 4.90 Å². The van der Waals surface area contributed by atoms with Crippen LogP contribution < -0.4 is 4.90 Å². The summed E-state index contributed by atoms with van der Waals surface area (Å²) in [5, 5.41) is 0. The average molecular weight is 335 g/mol. The molecule has 0 aliphatic carbocycles. The third-order valence-corrected chi connectivity index (χ3v) is 6.11. The lowest BCUT2D eigenvalue weighted by Crippen LogP contribution is -3.13. The van der Waals surface area contributed by atoms with Crippen LogP contribution in [-0.2, 0) is 16.6 Å². The second-order valence-electron chi connectivity index (χ2n) is 5.75. The molecule has 0 radical (unpaired) electrons. The molecule has 1 aliphatic rings. The van der Waals surface area contributed by atoms with Crippen molar-refractivity contribution in [1.29, 1.82) is 0 Å². The molecular formula is C17H20FN2O2S+. The van der Waals surface area contributed by atoms with Crippen molar-refractivity contribution >= 4 is 10.0 Å². The summed E-state index contributed by atoms with van der Waals surface area (Å²) in [5.41, 5.74) is 1.24. The molecule has 0 spiro atoms. The van der Waals surface area contributed by atoms with E-state index in [0.29, 0.717) is 13.1 Å². The van der Waals surface area contributed by atoms with E-state index in [1.165, 1.54) is 33.0 Å². The van der Waals surface area contributed by atoms with Gasteiger partial charge in [-0.3, -0.25) is 0 Å². The lowest BCUT2D eigenvalue weighted by Gasteiger charge is -2.31. The predicted molar refractivity (Wildman–Crippen MR) is 86.0 cm³/mol. The SMILES string of the molecule is O=S(=O)(c1ccccc1F)N1CC[NH+](Cc2ccccc2)CC1. The van der Waals surface area contributed by atoms with E-state index in [1.54, 1.807) is 6.07 Å². The molecule has 0 atom stereocenters. The van der Waals surface area contributed by atoms with E-state index in [-0.39, 0.29) is 4.90 Å². The van der Waals surface area contributed by atoms with Crippen molar-refractivity contribution in [3.8, 4) is 0 Å². The average Bonchev–Trinajstić information content (AvgIpc) is 2.56. The van der Waals surface area contributed by atoms with Crippen molar-refractivity contribution < 1.29 is 17.7 Å². The van der Waals surface area contributed by atoms with Crippen molar-refractivity contribution in [3.63, 3.8) is 0 Å². The first-order valence-electron chi connectivity index (χ1n) is 7.69. The number of piperazine rings is 1. The molecule has 0 amide bonds. The molecule has 0 aromatic heterocycles. The Morgan fingerprint density at radius 2 is 1.57 bits per heavy atom. The molecule has 6 heteroatoms. The van der Waals surface area contributed by atoms with Crippen molar-refractivity contribution in [2.24, 2.45) is 0 Å². The first kappa shape index (κ1) is 16.1. The van der Waals surface area contributed by atoms with Crippen molar-refractivity contribution in [2.75, 3.05) is 26.2 Å².